The Balaban J connectivity index is 3.20. The van der Waals surface area contributed by atoms with E-state index in [2.05, 4.69) is 10.6 Å². The molecule has 0 aromatic heterocycles. The summed E-state index contributed by atoms with van der Waals surface area (Å²) in [6, 6.07) is 5.07. The fourth-order valence-electron chi connectivity index (χ4n) is 1.65. The van der Waals surface area contributed by atoms with Crippen LogP contribution in [0.25, 0.3) is 6.08 Å². The lowest BCUT2D eigenvalue weighted by Crippen LogP contribution is -2.40. The lowest BCUT2D eigenvalue weighted by atomic mass is 9.95. The van der Waals surface area contributed by atoms with E-state index in [1.165, 1.54) is 6.08 Å². The lowest BCUT2D eigenvalue weighted by Gasteiger charge is -2.20. The molecule has 0 saturated carbocycles. The van der Waals surface area contributed by atoms with Crippen LogP contribution in [0.4, 0.5) is 0 Å². The van der Waals surface area contributed by atoms with Gasteiger partial charge in [0.25, 0.3) is 5.91 Å². The van der Waals surface area contributed by atoms with E-state index < -0.39 is 5.41 Å². The molecule has 24 heavy (non-hydrogen) atoms. The summed E-state index contributed by atoms with van der Waals surface area (Å²) in [5, 5.41) is 6.27. The number of benzene rings is 1. The zero-order valence-corrected chi connectivity index (χ0v) is 16.2. The third-order valence-corrected chi connectivity index (χ3v) is 3.79. The van der Waals surface area contributed by atoms with Crippen molar-refractivity contribution in [2.75, 3.05) is 6.54 Å². The molecule has 0 fully saturated rings. The molecule has 0 aliphatic rings. The largest absolute Gasteiger partial charge is 0.351 e. The van der Waals surface area contributed by atoms with Gasteiger partial charge in [-0.25, -0.2) is 0 Å². The van der Waals surface area contributed by atoms with Crippen LogP contribution in [0.2, 0.25) is 10.0 Å². The van der Waals surface area contributed by atoms with Crippen LogP contribution in [-0.2, 0) is 9.59 Å². The molecule has 0 spiro atoms. The first-order valence-corrected chi connectivity index (χ1v) is 8.53. The van der Waals surface area contributed by atoms with Gasteiger partial charge in [-0.05, 0) is 24.1 Å². The molecule has 4 nitrogen and oxygen atoms in total. The second-order valence-electron chi connectivity index (χ2n) is 7.00. The van der Waals surface area contributed by atoms with Crippen molar-refractivity contribution in [3.8, 4) is 0 Å². The molecule has 0 aliphatic heterocycles. The van der Waals surface area contributed by atoms with Crippen LogP contribution in [0.3, 0.4) is 0 Å². The fraction of sp³-hybridized carbons (Fsp3) is 0.444. The summed E-state index contributed by atoms with van der Waals surface area (Å²) in [6.07, 6.45) is 1.50. The van der Waals surface area contributed by atoms with Gasteiger partial charge in [-0.15, -0.1) is 0 Å². The second-order valence-corrected chi connectivity index (χ2v) is 7.82. The van der Waals surface area contributed by atoms with Crippen molar-refractivity contribution < 1.29 is 9.59 Å². The third-order valence-electron chi connectivity index (χ3n) is 3.13. The van der Waals surface area contributed by atoms with Crippen LogP contribution in [0, 0.1) is 11.3 Å². The maximum atomic E-state index is 12.5. The average molecular weight is 371 g/mol. The molecular weight excluding hydrogens is 347 g/mol. The molecule has 0 aliphatic carbocycles. The molecule has 2 amide bonds. The Morgan fingerprint density at radius 1 is 1.17 bits per heavy atom. The van der Waals surface area contributed by atoms with Gasteiger partial charge in [0.05, 0.1) is 0 Å². The van der Waals surface area contributed by atoms with E-state index in [1.807, 2.05) is 13.8 Å². The first-order chi connectivity index (χ1) is 11.0. The van der Waals surface area contributed by atoms with E-state index in [1.54, 1.807) is 39.0 Å². The number of rotatable bonds is 5. The van der Waals surface area contributed by atoms with E-state index in [0.717, 1.165) is 0 Å². The van der Waals surface area contributed by atoms with Crippen LogP contribution in [-0.4, -0.2) is 18.4 Å². The highest BCUT2D eigenvalue weighted by molar-refractivity contribution is 6.37. The van der Waals surface area contributed by atoms with Gasteiger partial charge in [0, 0.05) is 27.6 Å². The quantitative estimate of drug-likeness (QED) is 0.760. The Hall–Kier alpha value is -1.52. The summed E-state index contributed by atoms with van der Waals surface area (Å²) in [5.74, 6) is -0.355. The van der Waals surface area contributed by atoms with Gasteiger partial charge in [0.15, 0.2) is 0 Å². The van der Waals surface area contributed by atoms with Crippen molar-refractivity contribution in [2.24, 2.45) is 11.3 Å². The molecule has 0 radical (unpaired) electrons. The second kappa shape index (κ2) is 8.54. The zero-order valence-electron chi connectivity index (χ0n) is 14.7. The zero-order chi connectivity index (χ0) is 18.5. The molecular formula is C18H24Cl2N2O2. The van der Waals surface area contributed by atoms with E-state index >= 15 is 0 Å². The van der Waals surface area contributed by atoms with E-state index in [4.69, 9.17) is 23.2 Å². The van der Waals surface area contributed by atoms with Gasteiger partial charge >= 0.3 is 0 Å². The summed E-state index contributed by atoms with van der Waals surface area (Å²) >= 11 is 12.3. The van der Waals surface area contributed by atoms with Crippen LogP contribution in [0.5, 0.6) is 0 Å². The molecule has 2 N–H and O–H groups in total. The number of halogens is 2. The summed E-state index contributed by atoms with van der Waals surface area (Å²) < 4.78 is 0. The highest BCUT2D eigenvalue weighted by Crippen LogP contribution is 2.26. The molecule has 1 aromatic rings. The molecule has 0 saturated heterocycles. The van der Waals surface area contributed by atoms with Gasteiger partial charge in [0.2, 0.25) is 5.91 Å². The summed E-state index contributed by atoms with van der Waals surface area (Å²) in [5.41, 5.74) is -0.0304. The van der Waals surface area contributed by atoms with Crippen molar-refractivity contribution in [2.45, 2.75) is 34.6 Å². The molecule has 0 bridgehead atoms. The van der Waals surface area contributed by atoms with E-state index in [-0.39, 0.29) is 23.4 Å². The smallest absolute Gasteiger partial charge is 0.267 e. The van der Waals surface area contributed by atoms with Crippen molar-refractivity contribution in [1.29, 1.82) is 0 Å². The highest BCUT2D eigenvalue weighted by Gasteiger charge is 2.24. The number of carbonyl (C=O) groups is 2. The van der Waals surface area contributed by atoms with Crippen LogP contribution < -0.4 is 10.6 Å². The Bertz CT molecular complexity index is 627. The first kappa shape index (κ1) is 20.5. The van der Waals surface area contributed by atoms with Crippen LogP contribution >= 0.6 is 23.2 Å². The molecule has 0 heterocycles. The fourth-order valence-corrected chi connectivity index (χ4v) is 2.16. The number of hydrogen-bond acceptors (Lipinski definition) is 2. The Morgan fingerprint density at radius 2 is 1.71 bits per heavy atom. The maximum absolute atomic E-state index is 12.5. The van der Waals surface area contributed by atoms with E-state index in [9.17, 15) is 9.59 Å². The molecule has 1 rings (SSSR count). The molecule has 0 atom stereocenters. The molecule has 0 unspecified atom stereocenters. The molecule has 6 heteroatoms. The number of carbonyl (C=O) groups excluding carboxylic acids is 2. The standard InChI is InChI=1S/C18H24Cl2N2O2/c1-11(2)10-21-16(23)15(22-17(24)18(3,4)5)9-12-13(19)7-6-8-14(12)20/h6-9,11H,10H2,1-5H3,(H,21,23)(H,22,24)/b15-9+. The Kier molecular flexibility index (Phi) is 7.30. The number of hydrogen-bond donors (Lipinski definition) is 2. The summed E-state index contributed by atoms with van der Waals surface area (Å²) in [4.78, 5) is 24.7. The highest BCUT2D eigenvalue weighted by atomic mass is 35.5. The van der Waals surface area contributed by atoms with Gasteiger partial charge < -0.3 is 10.6 Å². The molecule has 132 valence electrons. The molecule has 1 aromatic carbocycles. The third kappa shape index (κ3) is 6.17. The normalized spacial score (nSPS) is 12.2. The van der Waals surface area contributed by atoms with Crippen molar-refractivity contribution in [1.82, 2.24) is 10.6 Å². The van der Waals surface area contributed by atoms with Crippen LogP contribution in [0.15, 0.2) is 23.9 Å². The predicted molar refractivity (Wildman–Crippen MR) is 99.9 cm³/mol. The minimum absolute atomic E-state index is 0.116. The maximum Gasteiger partial charge on any atom is 0.267 e. The van der Waals surface area contributed by atoms with Crippen molar-refractivity contribution in [3.63, 3.8) is 0 Å². The minimum atomic E-state index is -0.637. The topological polar surface area (TPSA) is 58.2 Å². The predicted octanol–water partition coefficient (Wildman–Crippen LogP) is 4.27. The lowest BCUT2D eigenvalue weighted by molar-refractivity contribution is -0.129. The first-order valence-electron chi connectivity index (χ1n) is 7.77. The van der Waals surface area contributed by atoms with Gasteiger partial charge in [0.1, 0.15) is 5.70 Å². The van der Waals surface area contributed by atoms with Gasteiger partial charge in [-0.1, -0.05) is 63.9 Å². The number of nitrogens with one attached hydrogen (secondary N) is 2. The summed E-state index contributed by atoms with van der Waals surface area (Å²) in [6.45, 7) is 9.79. The number of amides is 2. The van der Waals surface area contributed by atoms with Crippen molar-refractivity contribution >= 4 is 41.1 Å². The Labute approximate surface area is 153 Å². The SMILES string of the molecule is CC(C)CNC(=O)/C(=C\c1c(Cl)cccc1Cl)NC(=O)C(C)(C)C. The summed E-state index contributed by atoms with van der Waals surface area (Å²) in [7, 11) is 0. The average Bonchev–Trinajstić information content (AvgIpc) is 2.46. The van der Waals surface area contributed by atoms with Crippen molar-refractivity contribution in [3.05, 3.63) is 39.5 Å². The van der Waals surface area contributed by atoms with Gasteiger partial charge in [-0.2, -0.15) is 0 Å². The van der Waals surface area contributed by atoms with Gasteiger partial charge in [-0.3, -0.25) is 9.59 Å². The Morgan fingerprint density at radius 3 is 2.17 bits per heavy atom. The van der Waals surface area contributed by atoms with E-state index in [0.29, 0.717) is 22.2 Å². The monoisotopic (exact) mass is 370 g/mol. The minimum Gasteiger partial charge on any atom is -0.351 e. The van der Waals surface area contributed by atoms with Crippen LogP contribution in [0.1, 0.15) is 40.2 Å².